The summed E-state index contributed by atoms with van der Waals surface area (Å²) in [7, 11) is 1.53. The molecule has 10 heteroatoms. The van der Waals surface area contributed by atoms with Gasteiger partial charge in [0.2, 0.25) is 0 Å². The Bertz CT molecular complexity index is 1390. The molecule has 0 saturated heterocycles. The standard InChI is InChI=1S/C25H24N6O2S2/c1-4-33-25(34)29-24-28-20-12-11-19-21(17-8-5-15(2)26-14-17)30-31(22(19)23(20)35-24)18-9-6-16(7-10-18)13-27-32-3/h5-10,13-14H,4,11-12H2,1-3H3,(H,28,29,34). The Morgan fingerprint density at radius 2 is 2.06 bits per heavy atom. The lowest BCUT2D eigenvalue weighted by molar-refractivity contribution is 0.215. The molecule has 0 amide bonds. The average molecular weight is 505 g/mol. The number of aromatic nitrogens is 4. The number of pyridine rings is 1. The highest BCUT2D eigenvalue weighted by atomic mass is 32.1. The molecule has 0 bridgehead atoms. The minimum absolute atomic E-state index is 0.326. The molecule has 1 aromatic carbocycles. The summed E-state index contributed by atoms with van der Waals surface area (Å²) in [5.74, 6) is 0. The van der Waals surface area contributed by atoms with Crippen LogP contribution in [0.25, 0.3) is 27.5 Å². The monoisotopic (exact) mass is 504 g/mol. The van der Waals surface area contributed by atoms with Crippen molar-refractivity contribution >= 4 is 40.1 Å². The van der Waals surface area contributed by atoms with E-state index in [2.05, 4.69) is 21.5 Å². The number of thiocarbonyl (C=S) groups is 1. The number of nitrogens with zero attached hydrogens (tertiary/aromatic N) is 5. The van der Waals surface area contributed by atoms with E-state index >= 15 is 0 Å². The van der Waals surface area contributed by atoms with Crippen molar-refractivity contribution in [3.05, 3.63) is 65.1 Å². The number of hydrogen-bond acceptors (Lipinski definition) is 8. The molecule has 1 aliphatic carbocycles. The van der Waals surface area contributed by atoms with Gasteiger partial charge in [-0.1, -0.05) is 28.6 Å². The van der Waals surface area contributed by atoms with Crippen molar-refractivity contribution in [1.82, 2.24) is 19.7 Å². The smallest absolute Gasteiger partial charge is 0.262 e. The third-order valence-electron chi connectivity index (χ3n) is 5.62. The van der Waals surface area contributed by atoms with Gasteiger partial charge in [-0.15, -0.1) is 0 Å². The average Bonchev–Trinajstić information content (AvgIpc) is 3.45. The van der Waals surface area contributed by atoms with Crippen LogP contribution >= 0.6 is 23.6 Å². The van der Waals surface area contributed by atoms with Gasteiger partial charge < -0.3 is 9.57 Å². The maximum Gasteiger partial charge on any atom is 0.262 e. The maximum atomic E-state index is 5.39. The van der Waals surface area contributed by atoms with Crippen LogP contribution in [-0.4, -0.2) is 44.9 Å². The number of nitrogens with one attached hydrogen (secondary N) is 1. The molecule has 8 nitrogen and oxygen atoms in total. The van der Waals surface area contributed by atoms with Crippen molar-refractivity contribution in [2.75, 3.05) is 19.0 Å². The summed E-state index contributed by atoms with van der Waals surface area (Å²) in [6.07, 6.45) is 5.23. The molecule has 1 N–H and O–H groups in total. The zero-order chi connectivity index (χ0) is 24.4. The highest BCUT2D eigenvalue weighted by Crippen LogP contribution is 2.44. The number of ether oxygens (including phenoxy) is 1. The number of aryl methyl sites for hydroxylation is 2. The summed E-state index contributed by atoms with van der Waals surface area (Å²) in [4.78, 5) is 15.2. The predicted molar refractivity (Wildman–Crippen MR) is 142 cm³/mol. The van der Waals surface area contributed by atoms with Crippen LogP contribution in [0, 0.1) is 6.92 Å². The minimum Gasteiger partial charge on any atom is -0.471 e. The molecule has 0 aliphatic heterocycles. The molecule has 5 rings (SSSR count). The molecule has 178 valence electrons. The number of thiazole rings is 1. The van der Waals surface area contributed by atoms with E-state index in [0.717, 1.165) is 62.4 Å². The molecule has 35 heavy (non-hydrogen) atoms. The van der Waals surface area contributed by atoms with Crippen LogP contribution in [0.1, 0.15) is 29.4 Å². The summed E-state index contributed by atoms with van der Waals surface area (Å²) in [6.45, 7) is 4.39. The van der Waals surface area contributed by atoms with Crippen LogP contribution in [0.5, 0.6) is 0 Å². The summed E-state index contributed by atoms with van der Waals surface area (Å²) in [6, 6.07) is 12.1. The summed E-state index contributed by atoms with van der Waals surface area (Å²) < 4.78 is 7.40. The van der Waals surface area contributed by atoms with Gasteiger partial charge in [0.15, 0.2) is 5.13 Å². The quantitative estimate of drug-likeness (QED) is 0.220. The molecule has 0 radical (unpaired) electrons. The second kappa shape index (κ2) is 9.93. The summed E-state index contributed by atoms with van der Waals surface area (Å²) >= 11 is 6.83. The Morgan fingerprint density at radius 1 is 1.23 bits per heavy atom. The van der Waals surface area contributed by atoms with Gasteiger partial charge in [0, 0.05) is 23.0 Å². The molecule has 0 unspecified atom stereocenters. The van der Waals surface area contributed by atoms with Gasteiger partial charge in [-0.3, -0.25) is 10.3 Å². The van der Waals surface area contributed by atoms with Crippen LogP contribution in [0.15, 0.2) is 47.8 Å². The van der Waals surface area contributed by atoms with E-state index in [4.69, 9.17) is 31.9 Å². The lowest BCUT2D eigenvalue weighted by Gasteiger charge is -2.14. The molecule has 3 aromatic heterocycles. The fraction of sp³-hybridized carbons (Fsp3) is 0.240. The summed E-state index contributed by atoms with van der Waals surface area (Å²) in [5.41, 5.74) is 8.07. The van der Waals surface area contributed by atoms with Crippen molar-refractivity contribution < 1.29 is 9.57 Å². The van der Waals surface area contributed by atoms with E-state index in [9.17, 15) is 0 Å². The number of benzene rings is 1. The maximum absolute atomic E-state index is 5.39. The first-order valence-electron chi connectivity index (χ1n) is 11.2. The van der Waals surface area contributed by atoms with E-state index < -0.39 is 0 Å². The van der Waals surface area contributed by atoms with E-state index in [0.29, 0.717) is 11.8 Å². The van der Waals surface area contributed by atoms with Crippen molar-refractivity contribution in [3.63, 3.8) is 0 Å². The van der Waals surface area contributed by atoms with Crippen LogP contribution in [0.2, 0.25) is 0 Å². The van der Waals surface area contributed by atoms with Gasteiger partial charge >= 0.3 is 0 Å². The number of oxime groups is 1. The van der Waals surface area contributed by atoms with Crippen LogP contribution < -0.4 is 5.32 Å². The van der Waals surface area contributed by atoms with Gasteiger partial charge in [0.05, 0.1) is 40.5 Å². The number of fused-ring (bicyclic) bond motifs is 3. The van der Waals surface area contributed by atoms with Gasteiger partial charge in [-0.25, -0.2) is 9.67 Å². The molecule has 0 atom stereocenters. The molecule has 3 heterocycles. The second-order valence-corrected chi connectivity index (χ2v) is 9.29. The van der Waals surface area contributed by atoms with Crippen molar-refractivity contribution in [2.45, 2.75) is 26.7 Å². The Hall–Kier alpha value is -3.63. The number of rotatable bonds is 6. The second-order valence-electron chi connectivity index (χ2n) is 7.92. The minimum atomic E-state index is 0.326. The molecule has 4 aromatic rings. The Kier molecular flexibility index (Phi) is 6.56. The predicted octanol–water partition coefficient (Wildman–Crippen LogP) is 5.18. The fourth-order valence-corrected chi connectivity index (χ4v) is 5.36. The third-order valence-corrected chi connectivity index (χ3v) is 6.86. The molecular formula is C25H24N6O2S2. The van der Waals surface area contributed by atoms with E-state index in [1.165, 1.54) is 12.7 Å². The lowest BCUT2D eigenvalue weighted by atomic mass is 9.95. The molecular weight excluding hydrogens is 480 g/mol. The van der Waals surface area contributed by atoms with Crippen molar-refractivity contribution in [3.8, 4) is 27.5 Å². The van der Waals surface area contributed by atoms with E-state index in [1.807, 2.05) is 55.1 Å². The van der Waals surface area contributed by atoms with Crippen LogP contribution in [0.3, 0.4) is 0 Å². The largest absolute Gasteiger partial charge is 0.471 e. The SMILES string of the molecule is CCOC(=S)Nc1nc2c(s1)-c1c(c(-c3ccc(C)nc3)nn1-c1ccc(C=NOC)cc1)CC2. The first kappa shape index (κ1) is 23.1. The fourth-order valence-electron chi connectivity index (χ4n) is 4.02. The van der Waals surface area contributed by atoms with Gasteiger partial charge in [-0.2, -0.15) is 5.10 Å². The molecule has 0 spiro atoms. The molecule has 1 aliphatic rings. The Balaban J connectivity index is 1.63. The van der Waals surface area contributed by atoms with Gasteiger partial charge in [-0.05, 0) is 68.7 Å². The first-order chi connectivity index (χ1) is 17.1. The molecule has 0 fully saturated rings. The Morgan fingerprint density at radius 3 is 2.77 bits per heavy atom. The van der Waals surface area contributed by atoms with Gasteiger partial charge in [0.1, 0.15) is 7.11 Å². The molecule has 0 saturated carbocycles. The zero-order valence-electron chi connectivity index (χ0n) is 19.6. The van der Waals surface area contributed by atoms with Crippen LogP contribution in [-0.2, 0) is 22.4 Å². The third kappa shape index (κ3) is 4.67. The summed E-state index contributed by atoms with van der Waals surface area (Å²) in [5, 5.41) is 13.1. The van der Waals surface area contributed by atoms with E-state index in [1.54, 1.807) is 17.6 Å². The lowest BCUT2D eigenvalue weighted by Crippen LogP contribution is -2.12. The van der Waals surface area contributed by atoms with Crippen molar-refractivity contribution in [2.24, 2.45) is 5.16 Å². The topological polar surface area (TPSA) is 86.5 Å². The Labute approximate surface area is 212 Å². The van der Waals surface area contributed by atoms with Crippen molar-refractivity contribution in [1.29, 1.82) is 0 Å². The van der Waals surface area contributed by atoms with E-state index in [-0.39, 0.29) is 0 Å². The highest BCUT2D eigenvalue weighted by molar-refractivity contribution is 7.80. The zero-order valence-corrected chi connectivity index (χ0v) is 21.2. The van der Waals surface area contributed by atoms with Gasteiger partial charge in [0.25, 0.3) is 5.17 Å². The number of hydrogen-bond donors (Lipinski definition) is 1. The normalized spacial score (nSPS) is 12.3. The highest BCUT2D eigenvalue weighted by Gasteiger charge is 2.30. The van der Waals surface area contributed by atoms with Crippen LogP contribution in [0.4, 0.5) is 5.13 Å². The number of anilines is 1. The first-order valence-corrected chi connectivity index (χ1v) is 12.5.